The minimum atomic E-state index is -2.69. The van der Waals surface area contributed by atoms with Gasteiger partial charge in [0.15, 0.2) is 8.32 Å². The van der Waals surface area contributed by atoms with E-state index in [1.54, 1.807) is 0 Å². The Morgan fingerprint density at radius 3 is 2.40 bits per heavy atom. The van der Waals surface area contributed by atoms with Gasteiger partial charge >= 0.3 is 5.69 Å². The summed E-state index contributed by atoms with van der Waals surface area (Å²) in [7, 11) is -4.32. The fraction of sp³-hybridized carbons (Fsp3) is 0.828. The Labute approximate surface area is 253 Å². The van der Waals surface area contributed by atoms with Crippen LogP contribution in [0.1, 0.15) is 80.9 Å². The van der Waals surface area contributed by atoms with Crippen LogP contribution in [0.15, 0.2) is 21.9 Å². The van der Waals surface area contributed by atoms with E-state index in [0.717, 1.165) is 6.42 Å². The number of aromatic nitrogens is 2. The van der Waals surface area contributed by atoms with Gasteiger partial charge in [0, 0.05) is 36.9 Å². The molecule has 0 spiro atoms. The molecule has 0 saturated carbocycles. The molecule has 13 heteroatoms. The number of aromatic amines is 1. The minimum Gasteiger partial charge on any atom is -0.432 e. The summed E-state index contributed by atoms with van der Waals surface area (Å²) in [5, 5.41) is 8.71. The van der Waals surface area contributed by atoms with Crippen LogP contribution in [0.5, 0.6) is 0 Å². The molecule has 1 aromatic heterocycles. The van der Waals surface area contributed by atoms with E-state index in [9.17, 15) is 19.6 Å². The van der Waals surface area contributed by atoms with Crippen LogP contribution in [0, 0.1) is 23.2 Å². The number of H-pyrrole nitrogens is 1. The lowest BCUT2D eigenvalue weighted by atomic mass is 9.89. The number of rotatable bonds is 17. The molecule has 0 bridgehead atoms. The molecule has 1 aliphatic heterocycles. The number of nitriles is 1. The highest BCUT2D eigenvalue weighted by Gasteiger charge is 2.53. The van der Waals surface area contributed by atoms with E-state index >= 15 is 0 Å². The Balaban J connectivity index is 2.64. The van der Waals surface area contributed by atoms with Crippen LogP contribution in [0.3, 0.4) is 0 Å². The number of nitrogens with zero attached hydrogens (tertiary/aromatic N) is 3. The zero-order valence-electron chi connectivity index (χ0n) is 27.1. The highest BCUT2D eigenvalue weighted by atomic mass is 31.2. The van der Waals surface area contributed by atoms with E-state index in [2.05, 4.69) is 57.3 Å². The van der Waals surface area contributed by atoms with Crippen molar-refractivity contribution in [3.8, 4) is 6.07 Å². The summed E-state index contributed by atoms with van der Waals surface area (Å²) >= 11 is 0. The van der Waals surface area contributed by atoms with Gasteiger partial charge in [-0.05, 0) is 58.2 Å². The van der Waals surface area contributed by atoms with E-state index in [1.165, 1.54) is 16.8 Å². The Kier molecular flexibility index (Phi) is 14.1. The minimum absolute atomic E-state index is 0.0944. The zero-order chi connectivity index (χ0) is 31.8. The molecule has 1 aliphatic rings. The lowest BCUT2D eigenvalue weighted by molar-refractivity contribution is -0.0672. The van der Waals surface area contributed by atoms with Crippen molar-refractivity contribution in [1.29, 1.82) is 5.26 Å². The molecule has 240 valence electrons. The summed E-state index contributed by atoms with van der Waals surface area (Å²) in [6.45, 7) is 21.4. The maximum Gasteiger partial charge on any atom is 0.330 e. The van der Waals surface area contributed by atoms with Crippen molar-refractivity contribution in [2.24, 2.45) is 11.8 Å². The van der Waals surface area contributed by atoms with Crippen molar-refractivity contribution >= 4 is 16.8 Å². The lowest BCUT2D eigenvalue weighted by Gasteiger charge is -2.41. The maximum absolute atomic E-state index is 13.0. The average molecular weight is 629 g/mol. The van der Waals surface area contributed by atoms with E-state index in [1.807, 2.05) is 26.9 Å². The molecular formula is C29H53N4O7PSi. The second kappa shape index (κ2) is 16.1. The SMILES string of the molecule is CCC(C)COC[C@H]1O[C@@H](n2ccc(=O)[nH]c2=O)C(CC(C)(C)[Si](C)(C)O)C1OP(OCCC#N)N(C(C)C)C(C)C. The fourth-order valence-electron chi connectivity index (χ4n) is 4.93. The molecule has 2 rings (SSSR count). The number of nitrogens with one attached hydrogen (secondary N) is 1. The van der Waals surface area contributed by atoms with Gasteiger partial charge in [-0.25, -0.2) is 9.46 Å². The molecule has 2 heterocycles. The Morgan fingerprint density at radius 2 is 1.88 bits per heavy atom. The quantitative estimate of drug-likeness (QED) is 0.136. The topological polar surface area (TPSA) is 139 Å². The Bertz CT molecular complexity index is 1120. The molecule has 2 N–H and O–H groups in total. The van der Waals surface area contributed by atoms with Crippen LogP contribution in [-0.4, -0.2) is 71.4 Å². The van der Waals surface area contributed by atoms with Gasteiger partial charge in [0.25, 0.3) is 14.1 Å². The maximum atomic E-state index is 13.0. The first kappa shape index (κ1) is 36.8. The second-order valence-electron chi connectivity index (χ2n) is 13.1. The number of ether oxygens (including phenoxy) is 2. The van der Waals surface area contributed by atoms with E-state index in [0.29, 0.717) is 18.9 Å². The predicted octanol–water partition coefficient (Wildman–Crippen LogP) is 5.14. The third-order valence-electron chi connectivity index (χ3n) is 8.25. The van der Waals surface area contributed by atoms with Crippen LogP contribution < -0.4 is 11.2 Å². The summed E-state index contributed by atoms with van der Waals surface area (Å²) in [5.74, 6) is -0.0198. The van der Waals surface area contributed by atoms with Crippen molar-refractivity contribution in [3.05, 3.63) is 33.1 Å². The summed E-state index contributed by atoms with van der Waals surface area (Å²) in [6, 6.07) is 3.63. The van der Waals surface area contributed by atoms with Crippen molar-refractivity contribution in [2.45, 2.75) is 123 Å². The van der Waals surface area contributed by atoms with Crippen molar-refractivity contribution in [1.82, 2.24) is 14.2 Å². The Morgan fingerprint density at radius 1 is 1.24 bits per heavy atom. The molecule has 0 aliphatic carbocycles. The van der Waals surface area contributed by atoms with Crippen molar-refractivity contribution in [3.63, 3.8) is 0 Å². The molecule has 0 amide bonds. The fourth-order valence-corrected chi connectivity index (χ4v) is 7.47. The van der Waals surface area contributed by atoms with Gasteiger partial charge in [-0.1, -0.05) is 34.1 Å². The van der Waals surface area contributed by atoms with Crippen molar-refractivity contribution < 1.29 is 23.3 Å². The first-order chi connectivity index (χ1) is 19.5. The third-order valence-corrected chi connectivity index (χ3v) is 13.9. The van der Waals surface area contributed by atoms with Gasteiger partial charge in [-0.3, -0.25) is 14.3 Å². The van der Waals surface area contributed by atoms with Gasteiger partial charge in [0.2, 0.25) is 0 Å². The molecule has 0 aromatic carbocycles. The highest BCUT2D eigenvalue weighted by molar-refractivity contribution is 7.44. The largest absolute Gasteiger partial charge is 0.432 e. The predicted molar refractivity (Wildman–Crippen MR) is 167 cm³/mol. The molecule has 1 saturated heterocycles. The van der Waals surface area contributed by atoms with Gasteiger partial charge in [-0.15, -0.1) is 0 Å². The molecule has 1 fully saturated rings. The first-order valence-corrected chi connectivity index (χ1v) is 19.1. The molecule has 11 nitrogen and oxygen atoms in total. The summed E-state index contributed by atoms with van der Waals surface area (Å²) in [6.07, 6.45) is 1.27. The van der Waals surface area contributed by atoms with Gasteiger partial charge < -0.3 is 23.3 Å². The second-order valence-corrected chi connectivity index (χ2v) is 18.9. The van der Waals surface area contributed by atoms with Gasteiger partial charge in [0.05, 0.1) is 25.7 Å². The molecule has 0 radical (unpaired) electrons. The lowest BCUT2D eigenvalue weighted by Crippen LogP contribution is -2.44. The van der Waals surface area contributed by atoms with Crippen LogP contribution >= 0.6 is 8.53 Å². The van der Waals surface area contributed by atoms with Crippen LogP contribution in [0.25, 0.3) is 0 Å². The Hall–Kier alpha value is -1.42. The summed E-state index contributed by atoms with van der Waals surface area (Å²) in [4.78, 5) is 38.5. The normalized spacial score (nSPS) is 23.1. The number of hydrogen-bond acceptors (Lipinski definition) is 9. The molecular weight excluding hydrogens is 575 g/mol. The zero-order valence-corrected chi connectivity index (χ0v) is 29.0. The summed E-state index contributed by atoms with van der Waals surface area (Å²) in [5.41, 5.74) is -1.07. The third kappa shape index (κ3) is 9.79. The van der Waals surface area contributed by atoms with E-state index in [4.69, 9.17) is 18.5 Å². The van der Waals surface area contributed by atoms with Crippen LogP contribution in [0.4, 0.5) is 0 Å². The number of hydrogen-bond donors (Lipinski definition) is 2. The van der Waals surface area contributed by atoms with Crippen LogP contribution in [0.2, 0.25) is 18.1 Å². The monoisotopic (exact) mass is 628 g/mol. The van der Waals surface area contributed by atoms with Crippen LogP contribution in [-0.2, 0) is 18.5 Å². The average Bonchev–Trinajstić information content (AvgIpc) is 3.18. The standard InChI is InChI=1S/C29H53N4O7PSi/c1-11-22(6)18-37-19-24-26(40-41(38-16-12-14-30)33(20(2)3)21(4)5)23(17-29(7,8)42(9,10)36)27(39-24)32-15-13-25(34)31-28(32)35/h13,15,20-24,26-27,36H,11-12,16-19H2,1-10H3,(H,31,34,35)/t22?,23?,24-,26?,27-,41?/m1/s1. The molecule has 6 atom stereocenters. The molecule has 42 heavy (non-hydrogen) atoms. The van der Waals surface area contributed by atoms with E-state index < -0.39 is 51.6 Å². The van der Waals surface area contributed by atoms with E-state index in [-0.39, 0.29) is 37.6 Å². The smallest absolute Gasteiger partial charge is 0.330 e. The summed E-state index contributed by atoms with van der Waals surface area (Å²) < 4.78 is 29.5. The highest BCUT2D eigenvalue weighted by Crippen LogP contribution is 2.55. The van der Waals surface area contributed by atoms with Gasteiger partial charge in [0.1, 0.15) is 18.4 Å². The van der Waals surface area contributed by atoms with Gasteiger partial charge in [-0.2, -0.15) is 5.26 Å². The molecule has 1 aromatic rings. The molecule has 4 unspecified atom stereocenters. The van der Waals surface area contributed by atoms with Crippen molar-refractivity contribution in [2.75, 3.05) is 19.8 Å². The first-order valence-electron chi connectivity index (χ1n) is 15.1.